The van der Waals surface area contributed by atoms with Gasteiger partial charge in [-0.25, -0.2) is 0 Å². The van der Waals surface area contributed by atoms with Crippen LogP contribution in [0.1, 0.15) is 11.3 Å². The molecule has 12 heavy (non-hydrogen) atoms. The summed E-state index contributed by atoms with van der Waals surface area (Å²) in [5.74, 6) is 0.0920. The molecule has 5 heteroatoms. The van der Waals surface area contributed by atoms with Crippen molar-refractivity contribution in [1.29, 1.82) is 5.26 Å². The lowest BCUT2D eigenvalue weighted by Crippen LogP contribution is -1.84. The maximum Gasteiger partial charge on any atom is 0.190 e. The van der Waals surface area contributed by atoms with Crippen LogP contribution in [0.2, 0.25) is 0 Å². The Morgan fingerprint density at radius 3 is 3.00 bits per heavy atom. The van der Waals surface area contributed by atoms with Crippen LogP contribution in [0.5, 0.6) is 0 Å². The highest BCUT2D eigenvalue weighted by molar-refractivity contribution is 5.50. The van der Waals surface area contributed by atoms with Gasteiger partial charge >= 0.3 is 0 Å². The molecule has 0 saturated carbocycles. The molecule has 0 spiro atoms. The van der Waals surface area contributed by atoms with Crippen LogP contribution in [0.15, 0.2) is 17.8 Å². The Labute approximate surface area is 69.2 Å². The minimum absolute atomic E-state index is 0.0920. The Hall–Kier alpha value is -1.96. The summed E-state index contributed by atoms with van der Waals surface area (Å²) in [7, 11) is 0. The van der Waals surface area contributed by atoms with Gasteiger partial charge in [0.15, 0.2) is 5.82 Å². The second-order valence-corrected chi connectivity index (χ2v) is 2.10. The van der Waals surface area contributed by atoms with Crippen molar-refractivity contribution in [2.24, 2.45) is 5.11 Å². The van der Waals surface area contributed by atoms with Gasteiger partial charge in [-0.3, -0.25) is 5.10 Å². The first-order valence-electron chi connectivity index (χ1n) is 3.26. The smallest absolute Gasteiger partial charge is 0.190 e. The molecule has 59 valence electrons. The van der Waals surface area contributed by atoms with E-state index in [2.05, 4.69) is 21.9 Å². The number of aromatic nitrogens is 2. The molecular formula is C7H6N5. The van der Waals surface area contributed by atoms with Crippen LogP contribution in [0.4, 0.5) is 5.82 Å². The fraction of sp³-hybridized carbons (Fsp3) is 0.143. The SMILES string of the molecule is C=CCc1n[nH]c(N=[N])c1C#N. The first-order valence-corrected chi connectivity index (χ1v) is 3.26. The molecular weight excluding hydrogens is 154 g/mol. The van der Waals surface area contributed by atoms with Gasteiger partial charge in [-0.15, -0.1) is 11.7 Å². The summed E-state index contributed by atoms with van der Waals surface area (Å²) in [5.41, 5.74) is 9.21. The maximum atomic E-state index is 8.63. The molecule has 5 nitrogen and oxygen atoms in total. The van der Waals surface area contributed by atoms with E-state index >= 15 is 0 Å². The summed E-state index contributed by atoms with van der Waals surface area (Å²) >= 11 is 0. The number of nitrogens with zero attached hydrogens (tertiary/aromatic N) is 4. The molecule has 1 N–H and O–H groups in total. The van der Waals surface area contributed by atoms with Crippen molar-refractivity contribution in [3.05, 3.63) is 23.9 Å². The Kier molecular flexibility index (Phi) is 2.33. The van der Waals surface area contributed by atoms with Crippen LogP contribution >= 0.6 is 0 Å². The lowest BCUT2D eigenvalue weighted by Gasteiger charge is -1.86. The Morgan fingerprint density at radius 1 is 1.75 bits per heavy atom. The highest BCUT2D eigenvalue weighted by Gasteiger charge is 2.10. The zero-order valence-corrected chi connectivity index (χ0v) is 6.28. The van der Waals surface area contributed by atoms with E-state index in [1.54, 1.807) is 6.08 Å². The topological polar surface area (TPSA) is 87.1 Å². The highest BCUT2D eigenvalue weighted by atomic mass is 15.2. The minimum Gasteiger partial charge on any atom is -0.258 e. The molecule has 0 saturated heterocycles. The second kappa shape index (κ2) is 3.44. The summed E-state index contributed by atoms with van der Waals surface area (Å²) in [6.07, 6.45) is 2.10. The zero-order valence-electron chi connectivity index (χ0n) is 6.28. The Balaban J connectivity index is 3.14. The molecule has 0 aliphatic heterocycles. The summed E-state index contributed by atoms with van der Waals surface area (Å²) in [5, 5.41) is 17.7. The second-order valence-electron chi connectivity index (χ2n) is 2.10. The van der Waals surface area contributed by atoms with Crippen LogP contribution in [0, 0.1) is 11.3 Å². The fourth-order valence-electron chi connectivity index (χ4n) is 0.843. The van der Waals surface area contributed by atoms with Crippen molar-refractivity contribution in [2.45, 2.75) is 6.42 Å². The Bertz CT molecular complexity index is 343. The molecule has 0 atom stereocenters. The van der Waals surface area contributed by atoms with Crippen LogP contribution in [-0.2, 0) is 6.42 Å². The van der Waals surface area contributed by atoms with E-state index in [4.69, 9.17) is 10.8 Å². The Morgan fingerprint density at radius 2 is 2.50 bits per heavy atom. The van der Waals surface area contributed by atoms with E-state index in [0.29, 0.717) is 12.1 Å². The van der Waals surface area contributed by atoms with E-state index < -0.39 is 0 Å². The van der Waals surface area contributed by atoms with Gasteiger partial charge in [0.25, 0.3) is 0 Å². The molecule has 1 aromatic heterocycles. The third-order valence-electron chi connectivity index (χ3n) is 1.37. The molecule has 1 aromatic rings. The number of H-pyrrole nitrogens is 1. The van der Waals surface area contributed by atoms with E-state index in [0.717, 1.165) is 0 Å². The van der Waals surface area contributed by atoms with Gasteiger partial charge in [-0.05, 0) is 5.53 Å². The summed E-state index contributed by atoms with van der Waals surface area (Å²) in [4.78, 5) is 0. The number of allylic oxidation sites excluding steroid dienone is 1. The minimum atomic E-state index is 0.0920. The van der Waals surface area contributed by atoms with Crippen LogP contribution in [0.25, 0.3) is 0 Å². The standard InChI is InChI=1S/C7H6N5/c1-2-3-6-5(4-8)7(10-9)12-11-6/h2H,1,3H2,(H,11,12). The van der Waals surface area contributed by atoms with Gasteiger partial charge in [0.1, 0.15) is 11.6 Å². The van der Waals surface area contributed by atoms with E-state index in [1.807, 2.05) is 6.07 Å². The summed E-state index contributed by atoms with van der Waals surface area (Å²) in [6.45, 7) is 3.51. The van der Waals surface area contributed by atoms with Crippen LogP contribution < -0.4 is 5.53 Å². The molecule has 1 heterocycles. The van der Waals surface area contributed by atoms with Gasteiger partial charge < -0.3 is 0 Å². The predicted octanol–water partition coefficient (Wildman–Crippen LogP) is 0.894. The molecule has 1 radical (unpaired) electrons. The van der Waals surface area contributed by atoms with E-state index in [-0.39, 0.29) is 11.4 Å². The molecule has 0 fully saturated rings. The lowest BCUT2D eigenvalue weighted by atomic mass is 10.2. The first kappa shape index (κ1) is 8.14. The molecule has 0 aliphatic carbocycles. The monoisotopic (exact) mass is 160 g/mol. The molecule has 0 amide bonds. The van der Waals surface area contributed by atoms with Crippen molar-refractivity contribution < 1.29 is 0 Å². The van der Waals surface area contributed by atoms with Crippen molar-refractivity contribution in [3.63, 3.8) is 0 Å². The quantitative estimate of drug-likeness (QED) is 0.525. The summed E-state index contributed by atoms with van der Waals surface area (Å²) in [6, 6.07) is 1.88. The van der Waals surface area contributed by atoms with E-state index in [9.17, 15) is 0 Å². The molecule has 0 aromatic carbocycles. The van der Waals surface area contributed by atoms with Crippen molar-refractivity contribution >= 4 is 5.82 Å². The predicted molar refractivity (Wildman–Crippen MR) is 41.4 cm³/mol. The van der Waals surface area contributed by atoms with Crippen molar-refractivity contribution in [1.82, 2.24) is 15.7 Å². The number of hydrogen-bond acceptors (Lipinski definition) is 3. The molecule has 0 bridgehead atoms. The molecule has 0 unspecified atom stereocenters. The summed E-state index contributed by atoms with van der Waals surface area (Å²) < 4.78 is 0. The number of nitrogens with one attached hydrogen (secondary N) is 1. The number of aromatic amines is 1. The number of nitriles is 1. The normalized spacial score (nSPS) is 8.92. The van der Waals surface area contributed by atoms with Gasteiger partial charge in [0.05, 0.1) is 5.69 Å². The average molecular weight is 160 g/mol. The van der Waals surface area contributed by atoms with Gasteiger partial charge in [-0.1, -0.05) is 6.08 Å². The van der Waals surface area contributed by atoms with Gasteiger partial charge in [-0.2, -0.15) is 10.4 Å². The van der Waals surface area contributed by atoms with Crippen LogP contribution in [0.3, 0.4) is 0 Å². The number of hydrogen-bond donors (Lipinski definition) is 1. The van der Waals surface area contributed by atoms with Gasteiger partial charge in [0.2, 0.25) is 0 Å². The third kappa shape index (κ3) is 1.22. The largest absolute Gasteiger partial charge is 0.258 e. The maximum absolute atomic E-state index is 8.63. The van der Waals surface area contributed by atoms with Gasteiger partial charge in [0, 0.05) is 6.42 Å². The average Bonchev–Trinajstić information content (AvgIpc) is 2.47. The number of rotatable bonds is 3. The van der Waals surface area contributed by atoms with Crippen molar-refractivity contribution in [3.8, 4) is 6.07 Å². The first-order chi connectivity index (χ1) is 5.83. The van der Waals surface area contributed by atoms with E-state index in [1.165, 1.54) is 0 Å². The third-order valence-corrected chi connectivity index (χ3v) is 1.37. The molecule has 0 aliphatic rings. The zero-order chi connectivity index (χ0) is 8.97. The fourth-order valence-corrected chi connectivity index (χ4v) is 0.843. The molecule has 1 rings (SSSR count). The van der Waals surface area contributed by atoms with Crippen LogP contribution in [-0.4, -0.2) is 10.2 Å². The lowest BCUT2D eigenvalue weighted by molar-refractivity contribution is 1.00. The van der Waals surface area contributed by atoms with Crippen molar-refractivity contribution in [2.75, 3.05) is 0 Å². The highest BCUT2D eigenvalue weighted by Crippen LogP contribution is 2.17.